The van der Waals surface area contributed by atoms with Crippen molar-refractivity contribution in [2.75, 3.05) is 6.54 Å². The number of nitrogens with zero attached hydrogens (tertiary/aromatic N) is 3. The van der Waals surface area contributed by atoms with E-state index in [4.69, 9.17) is 4.74 Å². The summed E-state index contributed by atoms with van der Waals surface area (Å²) in [5, 5.41) is 7.33. The number of benzene rings is 2. The van der Waals surface area contributed by atoms with Gasteiger partial charge in [-0.25, -0.2) is 4.52 Å². The quantitative estimate of drug-likeness (QED) is 0.364. The van der Waals surface area contributed by atoms with Crippen molar-refractivity contribution in [3.63, 3.8) is 0 Å². The average Bonchev–Trinajstić information content (AvgIpc) is 3.22. The van der Waals surface area contributed by atoms with Crippen LogP contribution in [0, 0.1) is 13.8 Å². The third-order valence-corrected chi connectivity index (χ3v) is 5.30. The van der Waals surface area contributed by atoms with Crippen molar-refractivity contribution in [2.45, 2.75) is 27.3 Å². The van der Waals surface area contributed by atoms with E-state index >= 15 is 0 Å². The van der Waals surface area contributed by atoms with E-state index in [9.17, 15) is 14.4 Å². The number of esters is 1. The topological polar surface area (TPSA) is 94.7 Å². The van der Waals surface area contributed by atoms with Crippen LogP contribution in [0.15, 0.2) is 65.7 Å². The van der Waals surface area contributed by atoms with Gasteiger partial charge in [-0.1, -0.05) is 29.8 Å². The molecule has 0 unspecified atom stereocenters. The third kappa shape index (κ3) is 4.69. The lowest BCUT2D eigenvalue weighted by molar-refractivity contribution is -0.131. The summed E-state index contributed by atoms with van der Waals surface area (Å²) >= 11 is 0. The number of aryl methyl sites for hydroxylation is 2. The predicted octanol–water partition coefficient (Wildman–Crippen LogP) is 3.14. The fourth-order valence-corrected chi connectivity index (χ4v) is 3.63. The van der Waals surface area contributed by atoms with E-state index in [1.54, 1.807) is 47.2 Å². The lowest BCUT2D eigenvalue weighted by Crippen LogP contribution is -2.31. The van der Waals surface area contributed by atoms with Crippen molar-refractivity contribution in [2.24, 2.45) is 0 Å². The summed E-state index contributed by atoms with van der Waals surface area (Å²) in [7, 11) is 0. The Bertz CT molecular complexity index is 1420. The lowest BCUT2D eigenvalue weighted by atomic mass is 10.0. The van der Waals surface area contributed by atoms with Crippen LogP contribution in [0.4, 0.5) is 0 Å². The number of rotatable bonds is 6. The van der Waals surface area contributed by atoms with E-state index in [1.165, 1.54) is 11.5 Å². The smallest absolute Gasteiger partial charge is 0.308 e. The highest BCUT2D eigenvalue weighted by Crippen LogP contribution is 2.23. The summed E-state index contributed by atoms with van der Waals surface area (Å²) in [6.07, 6.45) is 3.37. The molecule has 2 aromatic carbocycles. The molecule has 1 amide bonds. The Morgan fingerprint density at radius 1 is 1.06 bits per heavy atom. The average molecular weight is 444 g/mol. The first-order chi connectivity index (χ1) is 15.8. The number of ether oxygens (including phenoxy) is 1. The molecule has 0 atom stereocenters. The maximum atomic E-state index is 13.0. The Morgan fingerprint density at radius 2 is 1.85 bits per heavy atom. The molecule has 1 N–H and O–H groups in total. The number of hydrogen-bond acceptors (Lipinski definition) is 5. The van der Waals surface area contributed by atoms with Gasteiger partial charge < -0.3 is 14.6 Å². The Balaban J connectivity index is 1.51. The molecule has 2 aromatic heterocycles. The van der Waals surface area contributed by atoms with Crippen LogP contribution in [0.2, 0.25) is 0 Å². The Morgan fingerprint density at radius 3 is 2.64 bits per heavy atom. The van der Waals surface area contributed by atoms with E-state index in [0.717, 1.165) is 22.4 Å². The first kappa shape index (κ1) is 22.0. The molecular formula is C25H24N4O4. The van der Waals surface area contributed by atoms with Gasteiger partial charge in [-0.05, 0) is 43.7 Å². The first-order valence-corrected chi connectivity index (χ1v) is 10.6. The lowest BCUT2D eigenvalue weighted by Gasteiger charge is -2.10. The van der Waals surface area contributed by atoms with E-state index in [0.29, 0.717) is 5.52 Å². The molecule has 0 spiro atoms. The number of fused-ring (bicyclic) bond motifs is 1. The molecule has 33 heavy (non-hydrogen) atoms. The van der Waals surface area contributed by atoms with Crippen LogP contribution < -0.4 is 15.6 Å². The van der Waals surface area contributed by atoms with Crippen LogP contribution in [0.3, 0.4) is 0 Å². The molecule has 4 rings (SSSR count). The minimum atomic E-state index is -0.504. The molecule has 0 saturated carbocycles. The van der Waals surface area contributed by atoms with E-state index in [2.05, 4.69) is 16.5 Å². The van der Waals surface area contributed by atoms with Gasteiger partial charge in [0, 0.05) is 38.0 Å². The zero-order chi connectivity index (χ0) is 23.5. The third-order valence-electron chi connectivity index (χ3n) is 5.30. The monoisotopic (exact) mass is 444 g/mol. The summed E-state index contributed by atoms with van der Waals surface area (Å²) in [4.78, 5) is 36.8. The highest BCUT2D eigenvalue weighted by molar-refractivity contribution is 5.97. The normalized spacial score (nSPS) is 10.9. The van der Waals surface area contributed by atoms with Gasteiger partial charge in [0.2, 0.25) is 0 Å². The van der Waals surface area contributed by atoms with Gasteiger partial charge in [0.1, 0.15) is 11.3 Å². The van der Waals surface area contributed by atoms with Crippen LogP contribution in [-0.2, 0) is 11.3 Å². The second-order valence-electron chi connectivity index (χ2n) is 7.82. The molecule has 4 aromatic rings. The van der Waals surface area contributed by atoms with Crippen molar-refractivity contribution < 1.29 is 14.3 Å². The molecule has 168 valence electrons. The Labute approximate surface area is 190 Å². The molecule has 0 radical (unpaired) electrons. The zero-order valence-corrected chi connectivity index (χ0v) is 18.7. The first-order valence-electron chi connectivity index (χ1n) is 10.6. The van der Waals surface area contributed by atoms with Crippen molar-refractivity contribution >= 4 is 17.4 Å². The van der Waals surface area contributed by atoms with E-state index < -0.39 is 5.97 Å². The fourth-order valence-electron chi connectivity index (χ4n) is 3.63. The van der Waals surface area contributed by atoms with Crippen LogP contribution >= 0.6 is 0 Å². The van der Waals surface area contributed by atoms with Crippen LogP contribution in [0.1, 0.15) is 28.4 Å². The van der Waals surface area contributed by atoms with Gasteiger partial charge in [0.15, 0.2) is 0 Å². The zero-order valence-electron chi connectivity index (χ0n) is 18.7. The summed E-state index contributed by atoms with van der Waals surface area (Å²) in [5.41, 5.74) is 4.45. The summed E-state index contributed by atoms with van der Waals surface area (Å²) in [5.74, 6) is -0.696. The Kier molecular flexibility index (Phi) is 6.08. The van der Waals surface area contributed by atoms with Gasteiger partial charge in [-0.2, -0.15) is 5.10 Å². The predicted molar refractivity (Wildman–Crippen MR) is 124 cm³/mol. The number of para-hydroxylation sites is 1. The maximum Gasteiger partial charge on any atom is 0.308 e. The minimum absolute atomic E-state index is 0.194. The van der Waals surface area contributed by atoms with Crippen LogP contribution in [0.25, 0.3) is 16.8 Å². The number of carbonyl (C=O) groups is 2. The molecule has 0 saturated heterocycles. The second kappa shape index (κ2) is 9.12. The minimum Gasteiger partial charge on any atom is -0.426 e. The number of amides is 1. The molecule has 8 heteroatoms. The van der Waals surface area contributed by atoms with Crippen LogP contribution in [0.5, 0.6) is 5.75 Å². The number of aromatic nitrogens is 3. The van der Waals surface area contributed by atoms with Gasteiger partial charge >= 0.3 is 5.97 Å². The molecule has 0 aliphatic carbocycles. The van der Waals surface area contributed by atoms with E-state index in [1.807, 2.05) is 26.0 Å². The van der Waals surface area contributed by atoms with Crippen molar-refractivity contribution in [3.8, 4) is 17.0 Å². The largest absolute Gasteiger partial charge is 0.426 e. The molecule has 0 fully saturated rings. The number of carbonyl (C=O) groups excluding carboxylic acids is 2. The van der Waals surface area contributed by atoms with E-state index in [-0.39, 0.29) is 35.9 Å². The summed E-state index contributed by atoms with van der Waals surface area (Å²) < 4.78 is 8.19. The molecule has 0 aliphatic heterocycles. The standard InChI is InChI=1S/C25H24N4O4/c1-16-8-9-17(2)20(14-16)21-15-22-25(32)28(12-13-29(22)27-21)11-10-26-24(31)19-6-4-5-7-23(19)33-18(3)30/h4-9,12-15H,10-11H2,1-3H3,(H,26,31). The van der Waals surface area contributed by atoms with Crippen molar-refractivity contribution in [1.82, 2.24) is 19.5 Å². The molecule has 0 bridgehead atoms. The SMILES string of the molecule is CC(=O)Oc1ccccc1C(=O)NCCn1ccn2nc(-c3cc(C)ccc3C)cc2c1=O. The van der Waals surface area contributed by atoms with Gasteiger partial charge in [-0.15, -0.1) is 0 Å². The molecular weight excluding hydrogens is 420 g/mol. The Hall–Kier alpha value is -4.20. The van der Waals surface area contributed by atoms with Gasteiger partial charge in [0.05, 0.1) is 11.3 Å². The summed E-state index contributed by atoms with van der Waals surface area (Å²) in [6.45, 7) is 5.81. The van der Waals surface area contributed by atoms with Crippen LogP contribution in [-0.4, -0.2) is 32.6 Å². The van der Waals surface area contributed by atoms with Crippen molar-refractivity contribution in [1.29, 1.82) is 0 Å². The van der Waals surface area contributed by atoms with Crippen molar-refractivity contribution in [3.05, 3.63) is 88.0 Å². The number of nitrogens with one attached hydrogen (secondary N) is 1. The molecule has 2 heterocycles. The second-order valence-corrected chi connectivity index (χ2v) is 7.82. The highest BCUT2D eigenvalue weighted by atomic mass is 16.5. The number of hydrogen-bond donors (Lipinski definition) is 1. The molecule has 0 aliphatic rings. The summed E-state index contributed by atoms with van der Waals surface area (Å²) in [6, 6.07) is 14.4. The van der Waals surface area contributed by atoms with Gasteiger partial charge in [0.25, 0.3) is 11.5 Å². The molecule has 8 nitrogen and oxygen atoms in total. The maximum absolute atomic E-state index is 13.0. The fraction of sp³-hybridized carbons (Fsp3) is 0.200. The van der Waals surface area contributed by atoms with Gasteiger partial charge in [-0.3, -0.25) is 14.4 Å². The highest BCUT2D eigenvalue weighted by Gasteiger charge is 2.14.